The van der Waals surface area contributed by atoms with E-state index < -0.39 is 0 Å². The number of aromatic amines is 1. The van der Waals surface area contributed by atoms with Crippen LogP contribution in [-0.4, -0.2) is 112 Å². The number of quaternary nitrogens is 1. The Kier molecular flexibility index (Phi) is 20.3. The maximum atomic E-state index is 12.9. The first-order valence-electron chi connectivity index (χ1n) is 17.9. The maximum Gasteiger partial charge on any atom is 0.230 e. The second-order valence-electron chi connectivity index (χ2n) is 13.3. The summed E-state index contributed by atoms with van der Waals surface area (Å²) in [4.78, 5) is 36.7. The van der Waals surface area contributed by atoms with Gasteiger partial charge < -0.3 is 36.2 Å². The molecule has 2 aliphatic heterocycles. The molecule has 1 aliphatic carbocycles. The van der Waals surface area contributed by atoms with Crippen LogP contribution in [0.2, 0.25) is 0 Å². The number of carbonyl (C=O) groups is 2. The molecule has 3 aliphatic rings. The molecular weight excluding hydrogens is 670 g/mol. The fraction of sp³-hybridized carbons (Fsp3) is 0.405. The summed E-state index contributed by atoms with van der Waals surface area (Å²) in [6, 6.07) is 6.82. The van der Waals surface area contributed by atoms with Crippen LogP contribution in [0.25, 0.3) is 22.7 Å². The van der Waals surface area contributed by atoms with Crippen LogP contribution in [0.4, 0.5) is 0 Å². The third kappa shape index (κ3) is 13.0. The maximum absolute atomic E-state index is 12.9. The highest BCUT2D eigenvalue weighted by Gasteiger charge is 2.36. The van der Waals surface area contributed by atoms with Crippen molar-refractivity contribution in [2.24, 2.45) is 5.92 Å². The smallest absolute Gasteiger partial charge is 0.230 e. The van der Waals surface area contributed by atoms with E-state index in [1.165, 1.54) is 27.6 Å². The van der Waals surface area contributed by atoms with E-state index in [1.54, 1.807) is 40.5 Å². The first kappa shape index (κ1) is 45.6. The molecule has 10 heteroatoms. The molecule has 2 atom stereocenters. The minimum atomic E-state index is -0.0445. The lowest BCUT2D eigenvalue weighted by atomic mass is 9.79. The lowest BCUT2D eigenvalue weighted by Crippen LogP contribution is -3.00. The normalized spacial score (nSPS) is 16.9. The van der Waals surface area contributed by atoms with E-state index in [-0.39, 0.29) is 30.1 Å². The summed E-state index contributed by atoms with van der Waals surface area (Å²) >= 11 is 0. The van der Waals surface area contributed by atoms with Crippen molar-refractivity contribution < 1.29 is 26.5 Å². The molecule has 1 N–H and O–H groups in total. The second-order valence-corrected chi connectivity index (χ2v) is 13.3. The summed E-state index contributed by atoms with van der Waals surface area (Å²) in [5, 5.41) is 1.34. The molecule has 0 spiro atoms. The topological polar surface area (TPSA) is 77.5 Å². The number of nitrogens with one attached hydrogen (secondary N) is 1. The molecule has 0 bridgehead atoms. The van der Waals surface area contributed by atoms with Crippen molar-refractivity contribution in [2.45, 2.75) is 46.1 Å². The first-order chi connectivity index (χ1) is 24.4. The molecule has 1 saturated heterocycles. The molecule has 1 fully saturated rings. The number of imidazole rings is 1. The molecule has 4 heterocycles. The predicted octanol–water partition coefficient (Wildman–Crippen LogP) is 4.27. The van der Waals surface area contributed by atoms with Crippen molar-refractivity contribution in [2.75, 3.05) is 60.4 Å². The van der Waals surface area contributed by atoms with Crippen LogP contribution in [0.1, 0.15) is 44.7 Å². The minimum absolute atomic E-state index is 0. The zero-order valence-electron chi connectivity index (χ0n) is 32.4. The lowest BCUT2D eigenvalue weighted by molar-refractivity contribution is -0.878. The standard InChI is InChI=1S/C20H25N3O.C8H16N.C6H9NO.C5H6N2.C3H6.ClH/c1-4-23(5-2)20(24)14-9-16-15-7-6-8-17-19(15)13(11-21-17)10-18(16)22(3)12-14;1-5-7-9(3,4)8-6-2;1-2-7-5-3-4-6(7)8;1-2-7-4-3-6-5-7;1-3-2;/h6-9,11,14,18,21H,4-5,10,12H2,1-3H3;5-6H,1-2,7-8H2,3-4H3;2H,1,3-5H2;2-5H,1H2;3H,1H2,2H3;1H/q;+1;;;;/p-1/t14-,18-;;;;;/m1...../s1. The van der Waals surface area contributed by atoms with Crippen LogP contribution in [-0.2, 0) is 16.0 Å². The van der Waals surface area contributed by atoms with Crippen molar-refractivity contribution in [3.63, 3.8) is 0 Å². The number of likely N-dealkylation sites (tertiary alicyclic amines) is 1. The number of nitrogens with zero attached hydrogens (tertiary/aromatic N) is 6. The number of allylic oxidation sites excluding steroid dienone is 1. The van der Waals surface area contributed by atoms with Gasteiger partial charge in [-0.25, -0.2) is 4.98 Å². The molecule has 9 nitrogen and oxygen atoms in total. The number of H-pyrrole nitrogens is 1. The summed E-state index contributed by atoms with van der Waals surface area (Å²) in [5.74, 6) is 0.418. The predicted molar refractivity (Wildman–Crippen MR) is 216 cm³/mol. The van der Waals surface area contributed by atoms with Gasteiger partial charge >= 0.3 is 0 Å². The summed E-state index contributed by atoms with van der Waals surface area (Å²) in [6.07, 6.45) is 21.2. The number of rotatable bonds is 9. The molecular formula is C42H62ClN7O2. The molecule has 52 heavy (non-hydrogen) atoms. The van der Waals surface area contributed by atoms with Gasteiger partial charge in [-0.1, -0.05) is 50.6 Å². The number of amides is 2. The van der Waals surface area contributed by atoms with Crippen LogP contribution in [0.15, 0.2) is 107 Å². The highest BCUT2D eigenvalue weighted by molar-refractivity contribution is 5.99. The average Bonchev–Trinajstić information content (AvgIpc) is 3.89. The highest BCUT2D eigenvalue weighted by atomic mass is 35.5. The first-order valence-corrected chi connectivity index (χ1v) is 17.9. The average molecular weight is 732 g/mol. The van der Waals surface area contributed by atoms with Gasteiger partial charge in [-0.2, -0.15) is 0 Å². The molecule has 2 aromatic heterocycles. The van der Waals surface area contributed by atoms with Gasteiger partial charge in [0, 0.05) is 74.3 Å². The van der Waals surface area contributed by atoms with Gasteiger partial charge in [-0.05, 0) is 81.8 Å². The summed E-state index contributed by atoms with van der Waals surface area (Å²) < 4.78 is 2.73. The number of hydrogen-bond donors (Lipinski definition) is 1. The third-order valence-corrected chi connectivity index (χ3v) is 8.97. The number of halogens is 1. The fourth-order valence-electron chi connectivity index (χ4n) is 6.39. The Labute approximate surface area is 319 Å². The van der Waals surface area contributed by atoms with E-state index in [1.807, 2.05) is 30.2 Å². The molecule has 0 saturated carbocycles. The monoisotopic (exact) mass is 731 g/mol. The van der Waals surface area contributed by atoms with E-state index in [0.717, 1.165) is 56.6 Å². The van der Waals surface area contributed by atoms with Crippen molar-refractivity contribution in [1.82, 2.24) is 29.2 Å². The van der Waals surface area contributed by atoms with Crippen LogP contribution in [0.5, 0.6) is 0 Å². The third-order valence-electron chi connectivity index (χ3n) is 8.97. The Hall–Kier alpha value is -4.44. The molecule has 6 rings (SSSR count). The number of carbonyl (C=O) groups excluding carboxylic acids is 2. The molecule has 0 unspecified atom stereocenters. The molecule has 3 aromatic rings. The molecule has 284 valence electrons. The van der Waals surface area contributed by atoms with Gasteiger partial charge in [0.15, 0.2) is 0 Å². The largest absolute Gasteiger partial charge is 1.00 e. The Bertz CT molecular complexity index is 1610. The van der Waals surface area contributed by atoms with Gasteiger partial charge in [-0.3, -0.25) is 14.5 Å². The zero-order valence-corrected chi connectivity index (χ0v) is 33.2. The van der Waals surface area contributed by atoms with Crippen molar-refractivity contribution in [3.05, 3.63) is 118 Å². The molecule has 2 amide bonds. The van der Waals surface area contributed by atoms with E-state index in [9.17, 15) is 9.59 Å². The number of hydrogen-bond acceptors (Lipinski definition) is 4. The minimum Gasteiger partial charge on any atom is -1.00 e. The fourth-order valence-corrected chi connectivity index (χ4v) is 6.39. The summed E-state index contributed by atoms with van der Waals surface area (Å²) in [5.41, 5.74) is 5.21. The summed E-state index contributed by atoms with van der Waals surface area (Å²) in [7, 11) is 6.46. The van der Waals surface area contributed by atoms with E-state index in [4.69, 9.17) is 0 Å². The van der Waals surface area contributed by atoms with Crippen LogP contribution >= 0.6 is 0 Å². The Morgan fingerprint density at radius 2 is 1.73 bits per heavy atom. The number of benzene rings is 1. The van der Waals surface area contributed by atoms with Crippen LogP contribution in [0, 0.1) is 5.92 Å². The van der Waals surface area contributed by atoms with Gasteiger partial charge in [0.1, 0.15) is 0 Å². The van der Waals surface area contributed by atoms with Gasteiger partial charge in [0.25, 0.3) is 0 Å². The van der Waals surface area contributed by atoms with E-state index in [0.29, 0.717) is 12.5 Å². The van der Waals surface area contributed by atoms with Gasteiger partial charge in [0.2, 0.25) is 11.8 Å². The quantitative estimate of drug-likeness (QED) is 0.264. The van der Waals surface area contributed by atoms with E-state index in [2.05, 4.69) is 113 Å². The number of fused-ring (bicyclic) bond motifs is 2. The van der Waals surface area contributed by atoms with E-state index >= 15 is 0 Å². The SMILES string of the molecule is C=CC.C=CC[N+](C)(C)CC=C.C=CN1CCCC1=O.C=Cn1ccnc1.CCN(CC)C(=O)[C@@H]1C=C2c3cccc4[nH]cc(c34)C[C@H]2N(C)C1.[Cl-]. The Morgan fingerprint density at radius 1 is 1.08 bits per heavy atom. The van der Waals surface area contributed by atoms with Crippen molar-refractivity contribution in [1.29, 1.82) is 0 Å². The van der Waals surface area contributed by atoms with Gasteiger partial charge in [0.05, 0.1) is 39.4 Å². The van der Waals surface area contributed by atoms with Crippen LogP contribution < -0.4 is 12.4 Å². The number of likely N-dealkylation sites (N-methyl/N-ethyl adjacent to an activating group) is 2. The van der Waals surface area contributed by atoms with Gasteiger partial charge in [-0.15, -0.1) is 6.58 Å². The summed E-state index contributed by atoms with van der Waals surface area (Å²) in [6.45, 7) is 29.0. The Morgan fingerprint density at radius 3 is 2.19 bits per heavy atom. The lowest BCUT2D eigenvalue weighted by Gasteiger charge is -2.40. The molecule has 1 aromatic carbocycles. The second kappa shape index (κ2) is 23.2. The highest BCUT2D eigenvalue weighted by Crippen LogP contribution is 2.41. The number of aromatic nitrogens is 3. The van der Waals surface area contributed by atoms with Crippen LogP contribution in [0.3, 0.4) is 0 Å². The Balaban J connectivity index is 0.000000397. The zero-order chi connectivity index (χ0) is 38.0. The van der Waals surface area contributed by atoms with Crippen molar-refractivity contribution in [3.8, 4) is 0 Å². The van der Waals surface area contributed by atoms with Crippen molar-refractivity contribution >= 4 is 34.5 Å². The molecule has 0 radical (unpaired) electrons.